The fourth-order valence-electron chi connectivity index (χ4n) is 3.06. The van der Waals surface area contributed by atoms with Crippen LogP contribution < -0.4 is 16.2 Å². The van der Waals surface area contributed by atoms with Crippen LogP contribution in [0.5, 0.6) is 5.75 Å². The Kier molecular flexibility index (Phi) is 3.68. The Morgan fingerprint density at radius 1 is 1.12 bits per heavy atom. The van der Waals surface area contributed by atoms with E-state index in [2.05, 4.69) is 9.97 Å². The molecule has 7 heteroatoms. The van der Waals surface area contributed by atoms with Gasteiger partial charge in [-0.05, 0) is 35.9 Å². The van der Waals surface area contributed by atoms with Crippen LogP contribution in [0.3, 0.4) is 0 Å². The maximum atomic E-state index is 13.5. The van der Waals surface area contributed by atoms with Gasteiger partial charge in [-0.25, -0.2) is 4.39 Å². The van der Waals surface area contributed by atoms with Gasteiger partial charge in [-0.3, -0.25) is 15.7 Å². The molecular formula is C18H14ClFN4O. The van der Waals surface area contributed by atoms with E-state index >= 15 is 0 Å². The van der Waals surface area contributed by atoms with Gasteiger partial charge in [0.05, 0.1) is 5.02 Å². The lowest BCUT2D eigenvalue weighted by molar-refractivity contribution is 0.178. The van der Waals surface area contributed by atoms with Crippen LogP contribution in [-0.4, -0.2) is 16.2 Å². The molecule has 0 aliphatic carbocycles. The third kappa shape index (κ3) is 2.38. The summed E-state index contributed by atoms with van der Waals surface area (Å²) in [4.78, 5) is 8.40. The highest BCUT2D eigenvalue weighted by molar-refractivity contribution is 6.30. The molecule has 2 atom stereocenters. The van der Waals surface area contributed by atoms with E-state index in [9.17, 15) is 4.39 Å². The van der Waals surface area contributed by atoms with Gasteiger partial charge in [0.15, 0.2) is 12.0 Å². The molecule has 3 heterocycles. The minimum atomic E-state index is -1.17. The van der Waals surface area contributed by atoms with Crippen molar-refractivity contribution in [3.05, 3.63) is 77.0 Å². The van der Waals surface area contributed by atoms with E-state index in [1.807, 2.05) is 12.1 Å². The first-order valence-electron chi connectivity index (χ1n) is 7.58. The summed E-state index contributed by atoms with van der Waals surface area (Å²) < 4.78 is 19.4. The van der Waals surface area contributed by atoms with Crippen molar-refractivity contribution >= 4 is 11.6 Å². The molecule has 4 N–H and O–H groups in total. The molecule has 0 saturated carbocycles. The monoisotopic (exact) mass is 356 g/mol. The van der Waals surface area contributed by atoms with E-state index in [0.29, 0.717) is 22.6 Å². The zero-order valence-corrected chi connectivity index (χ0v) is 13.7. The van der Waals surface area contributed by atoms with E-state index in [0.717, 1.165) is 5.56 Å². The van der Waals surface area contributed by atoms with Gasteiger partial charge < -0.3 is 10.5 Å². The number of ether oxygens (including phenoxy) is 1. The molecule has 126 valence electrons. The number of halogens is 2. The maximum Gasteiger partial charge on any atom is 0.174 e. The smallest absolute Gasteiger partial charge is 0.174 e. The number of nitrogens with two attached hydrogens (primary N) is 2. The first-order chi connectivity index (χ1) is 12.0. The van der Waals surface area contributed by atoms with Crippen LogP contribution >= 0.6 is 11.6 Å². The molecule has 0 amide bonds. The second-order valence-electron chi connectivity index (χ2n) is 5.81. The van der Waals surface area contributed by atoms with E-state index in [1.165, 1.54) is 12.1 Å². The highest BCUT2D eigenvalue weighted by Gasteiger charge is 2.47. The molecule has 4 rings (SSSR count). The summed E-state index contributed by atoms with van der Waals surface area (Å²) in [5, 5.41) is -0.0219. The van der Waals surface area contributed by atoms with Gasteiger partial charge in [-0.1, -0.05) is 17.7 Å². The van der Waals surface area contributed by atoms with Gasteiger partial charge in [0.25, 0.3) is 0 Å². The van der Waals surface area contributed by atoms with Crippen LogP contribution in [0.4, 0.5) is 4.39 Å². The van der Waals surface area contributed by atoms with E-state index < -0.39 is 17.6 Å². The molecule has 0 radical (unpaired) electrons. The molecular weight excluding hydrogens is 343 g/mol. The lowest BCUT2D eigenvalue weighted by Crippen LogP contribution is -2.52. The first kappa shape index (κ1) is 16.0. The predicted molar refractivity (Wildman–Crippen MR) is 92.4 cm³/mol. The number of pyridine rings is 2. The van der Waals surface area contributed by atoms with Crippen molar-refractivity contribution < 1.29 is 9.13 Å². The van der Waals surface area contributed by atoms with Crippen molar-refractivity contribution in [3.8, 4) is 17.0 Å². The van der Waals surface area contributed by atoms with Crippen molar-refractivity contribution in [2.75, 3.05) is 0 Å². The SMILES string of the molecule is NC1Oc2c(ccnc2-c2ccncc2)C1(N)c1ccc(F)c(Cl)c1. The Morgan fingerprint density at radius 3 is 2.60 bits per heavy atom. The largest absolute Gasteiger partial charge is 0.470 e. The van der Waals surface area contributed by atoms with Crippen molar-refractivity contribution in [1.29, 1.82) is 0 Å². The summed E-state index contributed by atoms with van der Waals surface area (Å²) in [6.45, 7) is 0. The molecule has 0 spiro atoms. The number of benzene rings is 1. The highest BCUT2D eigenvalue weighted by Crippen LogP contribution is 2.46. The van der Waals surface area contributed by atoms with Crippen molar-refractivity contribution in [1.82, 2.24) is 9.97 Å². The number of aromatic nitrogens is 2. The Labute approximate surface area is 148 Å². The lowest BCUT2D eigenvalue weighted by Gasteiger charge is -2.28. The minimum absolute atomic E-state index is 0.0219. The first-order valence-corrected chi connectivity index (χ1v) is 7.96. The Balaban J connectivity index is 1.91. The van der Waals surface area contributed by atoms with Crippen LogP contribution in [-0.2, 0) is 5.54 Å². The van der Waals surface area contributed by atoms with Gasteiger partial charge in [0.2, 0.25) is 0 Å². The molecule has 1 aliphatic heterocycles. The Hall–Kier alpha value is -2.54. The van der Waals surface area contributed by atoms with Gasteiger partial charge >= 0.3 is 0 Å². The van der Waals surface area contributed by atoms with E-state index in [-0.39, 0.29) is 5.02 Å². The fraction of sp³-hybridized carbons (Fsp3) is 0.111. The lowest BCUT2D eigenvalue weighted by atomic mass is 9.83. The summed E-state index contributed by atoms with van der Waals surface area (Å²) in [5.74, 6) is -0.0157. The van der Waals surface area contributed by atoms with Gasteiger partial charge in [-0.15, -0.1) is 0 Å². The molecule has 3 aromatic rings. The zero-order chi connectivity index (χ0) is 17.6. The minimum Gasteiger partial charge on any atom is -0.470 e. The quantitative estimate of drug-likeness (QED) is 0.737. The molecule has 2 aromatic heterocycles. The number of hydrogen-bond acceptors (Lipinski definition) is 5. The fourth-order valence-corrected chi connectivity index (χ4v) is 3.24. The second-order valence-corrected chi connectivity index (χ2v) is 6.22. The van der Waals surface area contributed by atoms with Crippen LogP contribution in [0.15, 0.2) is 55.0 Å². The summed E-state index contributed by atoms with van der Waals surface area (Å²) in [7, 11) is 0. The third-order valence-electron chi connectivity index (χ3n) is 4.39. The Morgan fingerprint density at radius 2 is 1.88 bits per heavy atom. The summed E-state index contributed by atoms with van der Waals surface area (Å²) >= 11 is 5.92. The van der Waals surface area contributed by atoms with Crippen LogP contribution in [0, 0.1) is 5.82 Å². The van der Waals surface area contributed by atoms with Gasteiger partial charge in [0.1, 0.15) is 17.1 Å². The Bertz CT molecular complexity index is 953. The number of hydrogen-bond donors (Lipinski definition) is 2. The van der Waals surface area contributed by atoms with Crippen LogP contribution in [0.1, 0.15) is 11.1 Å². The summed E-state index contributed by atoms with van der Waals surface area (Å²) in [6.07, 6.45) is 4.11. The maximum absolute atomic E-state index is 13.5. The molecule has 0 saturated heterocycles. The van der Waals surface area contributed by atoms with Gasteiger partial charge in [-0.2, -0.15) is 0 Å². The number of rotatable bonds is 2. The normalized spacial score (nSPS) is 21.7. The van der Waals surface area contributed by atoms with Gasteiger partial charge in [0, 0.05) is 29.7 Å². The average molecular weight is 357 g/mol. The highest BCUT2D eigenvalue weighted by atomic mass is 35.5. The third-order valence-corrected chi connectivity index (χ3v) is 4.68. The molecule has 2 unspecified atom stereocenters. The van der Waals surface area contributed by atoms with Crippen molar-refractivity contribution in [2.24, 2.45) is 11.5 Å². The summed E-state index contributed by atoms with van der Waals surface area (Å²) in [5.41, 5.74) is 14.4. The number of nitrogens with zero attached hydrogens (tertiary/aromatic N) is 2. The standard InChI is InChI=1S/C18H14ClFN4O/c19-13-9-11(1-2-14(13)20)18(22)12-5-8-24-15(16(12)25-17(18)21)10-3-6-23-7-4-10/h1-9,17H,21-22H2. The molecule has 0 bridgehead atoms. The van der Waals surface area contributed by atoms with E-state index in [4.69, 9.17) is 27.8 Å². The molecule has 1 aromatic carbocycles. The molecule has 1 aliphatic rings. The second kappa shape index (κ2) is 5.77. The molecule has 25 heavy (non-hydrogen) atoms. The predicted octanol–water partition coefficient (Wildman–Crippen LogP) is 2.82. The average Bonchev–Trinajstić information content (AvgIpc) is 2.90. The molecule has 5 nitrogen and oxygen atoms in total. The topological polar surface area (TPSA) is 87.0 Å². The van der Waals surface area contributed by atoms with Crippen molar-refractivity contribution in [2.45, 2.75) is 11.8 Å². The number of fused-ring (bicyclic) bond motifs is 1. The molecule has 0 fully saturated rings. The zero-order valence-electron chi connectivity index (χ0n) is 13.0. The van der Waals surface area contributed by atoms with E-state index in [1.54, 1.807) is 30.7 Å². The summed E-state index contributed by atoms with van der Waals surface area (Å²) in [6, 6.07) is 9.70. The van der Waals surface area contributed by atoms with Crippen LogP contribution in [0.25, 0.3) is 11.3 Å². The van der Waals surface area contributed by atoms with Crippen LogP contribution in [0.2, 0.25) is 5.02 Å². The van der Waals surface area contributed by atoms with Crippen molar-refractivity contribution in [3.63, 3.8) is 0 Å².